The Bertz CT molecular complexity index is 936. The van der Waals surface area contributed by atoms with Crippen LogP contribution in [0.15, 0.2) is 38.3 Å². The molecule has 1 aromatic carbocycles. The lowest BCUT2D eigenvalue weighted by molar-refractivity contribution is -0.116. The van der Waals surface area contributed by atoms with E-state index in [1.807, 2.05) is 12.3 Å². The highest BCUT2D eigenvalue weighted by atomic mass is 32.2. The Hall–Kier alpha value is -1.42. The summed E-state index contributed by atoms with van der Waals surface area (Å²) in [6.45, 7) is 8.57. The van der Waals surface area contributed by atoms with Crippen LogP contribution in [0, 0.1) is 0 Å². The van der Waals surface area contributed by atoms with Crippen molar-refractivity contribution in [2.45, 2.75) is 53.8 Å². The predicted molar refractivity (Wildman–Crippen MR) is 125 cm³/mol. The van der Waals surface area contributed by atoms with Crippen LogP contribution in [0.25, 0.3) is 0 Å². The highest BCUT2D eigenvalue weighted by Crippen LogP contribution is 2.33. The number of nitrogens with zero attached hydrogens (tertiary/aromatic N) is 4. The molecule has 3 aromatic rings. The fourth-order valence-corrected chi connectivity index (χ4v) is 6.48. The molecule has 0 aliphatic heterocycles. The molecule has 0 fully saturated rings. The fraction of sp³-hybridized carbons (Fsp3) is 0.400. The standard InChI is InChI=1S/C20H24N4OS4/c1-5-24(14(4)25)18-21-17(11-26-18)12-28-20-23-22-19(29-20)27-10-15-6-8-16(9-7-15)13(2)3/h6-9,11,13H,5,10,12H2,1-4H3. The van der Waals surface area contributed by atoms with Crippen LogP contribution in [-0.2, 0) is 16.3 Å². The largest absolute Gasteiger partial charge is 0.289 e. The van der Waals surface area contributed by atoms with Crippen molar-refractivity contribution in [1.29, 1.82) is 0 Å². The Balaban J connectivity index is 1.50. The van der Waals surface area contributed by atoms with Gasteiger partial charge in [0.05, 0.1) is 5.69 Å². The van der Waals surface area contributed by atoms with E-state index in [1.54, 1.807) is 46.7 Å². The minimum Gasteiger partial charge on any atom is -0.289 e. The molecule has 5 nitrogen and oxygen atoms in total. The first kappa shape index (κ1) is 22.3. The third-order valence-corrected chi connectivity index (χ3v) is 8.41. The van der Waals surface area contributed by atoms with Crippen LogP contribution in [0.2, 0.25) is 0 Å². The van der Waals surface area contributed by atoms with Crippen molar-refractivity contribution in [2.24, 2.45) is 0 Å². The van der Waals surface area contributed by atoms with Crippen LogP contribution in [-0.4, -0.2) is 27.6 Å². The second-order valence-electron chi connectivity index (χ2n) is 6.69. The first-order valence-electron chi connectivity index (χ1n) is 9.36. The van der Waals surface area contributed by atoms with Crippen molar-refractivity contribution in [1.82, 2.24) is 15.2 Å². The lowest BCUT2D eigenvalue weighted by atomic mass is 10.0. The summed E-state index contributed by atoms with van der Waals surface area (Å²) < 4.78 is 1.92. The molecule has 3 rings (SSSR count). The molecule has 154 valence electrons. The van der Waals surface area contributed by atoms with E-state index < -0.39 is 0 Å². The van der Waals surface area contributed by atoms with E-state index in [-0.39, 0.29) is 5.91 Å². The molecule has 0 spiro atoms. The molecule has 0 aliphatic carbocycles. The third kappa shape index (κ3) is 6.28. The molecule has 0 saturated carbocycles. The van der Waals surface area contributed by atoms with E-state index >= 15 is 0 Å². The van der Waals surface area contributed by atoms with Gasteiger partial charge in [-0.05, 0) is 24.0 Å². The Morgan fingerprint density at radius 2 is 1.76 bits per heavy atom. The number of hydrogen-bond acceptors (Lipinski definition) is 8. The van der Waals surface area contributed by atoms with Crippen molar-refractivity contribution in [3.8, 4) is 0 Å². The number of thiazole rings is 1. The molecule has 2 aromatic heterocycles. The number of carbonyl (C=O) groups excluding carboxylic acids is 1. The van der Waals surface area contributed by atoms with Gasteiger partial charge in [-0.3, -0.25) is 9.69 Å². The molecule has 1 amide bonds. The molecular formula is C20H24N4OS4. The molecule has 0 saturated heterocycles. The summed E-state index contributed by atoms with van der Waals surface area (Å²) in [5, 5.41) is 11.4. The maximum atomic E-state index is 11.6. The average molecular weight is 465 g/mol. The molecule has 0 radical (unpaired) electrons. The fourth-order valence-electron chi connectivity index (χ4n) is 2.57. The van der Waals surface area contributed by atoms with Gasteiger partial charge in [-0.15, -0.1) is 21.5 Å². The summed E-state index contributed by atoms with van der Waals surface area (Å²) in [5.41, 5.74) is 3.62. The Kier molecular flexibility index (Phi) is 8.11. The SMILES string of the molecule is CCN(C(C)=O)c1nc(CSc2nnc(SCc3ccc(C(C)C)cc3)s2)cs1. The van der Waals surface area contributed by atoms with Gasteiger partial charge in [0.1, 0.15) is 0 Å². The van der Waals surface area contributed by atoms with Crippen LogP contribution in [0.1, 0.15) is 50.4 Å². The summed E-state index contributed by atoms with van der Waals surface area (Å²) in [5.74, 6) is 2.19. The topological polar surface area (TPSA) is 59.0 Å². The zero-order chi connectivity index (χ0) is 20.8. The minimum absolute atomic E-state index is 0.0192. The van der Waals surface area contributed by atoms with Crippen LogP contribution >= 0.6 is 46.2 Å². The van der Waals surface area contributed by atoms with Crippen LogP contribution in [0.3, 0.4) is 0 Å². The van der Waals surface area contributed by atoms with Crippen LogP contribution in [0.4, 0.5) is 5.13 Å². The molecule has 0 N–H and O–H groups in total. The van der Waals surface area contributed by atoms with Crippen LogP contribution in [0.5, 0.6) is 0 Å². The number of hydrogen-bond donors (Lipinski definition) is 0. The van der Waals surface area contributed by atoms with E-state index in [1.165, 1.54) is 22.5 Å². The maximum Gasteiger partial charge on any atom is 0.225 e. The van der Waals surface area contributed by atoms with E-state index in [0.717, 1.165) is 31.0 Å². The van der Waals surface area contributed by atoms with Gasteiger partial charge in [-0.25, -0.2) is 4.98 Å². The van der Waals surface area contributed by atoms with Gasteiger partial charge in [0.2, 0.25) is 5.91 Å². The molecule has 0 aliphatic rings. The van der Waals surface area contributed by atoms with Crippen molar-refractivity contribution in [3.63, 3.8) is 0 Å². The normalized spacial score (nSPS) is 11.2. The molecule has 0 bridgehead atoms. The molecular weight excluding hydrogens is 441 g/mol. The quantitative estimate of drug-likeness (QED) is 0.358. The predicted octanol–water partition coefficient (Wildman–Crippen LogP) is 6.08. The third-order valence-electron chi connectivity index (χ3n) is 4.21. The Morgan fingerprint density at radius 1 is 1.10 bits per heavy atom. The summed E-state index contributed by atoms with van der Waals surface area (Å²) in [6.07, 6.45) is 0. The van der Waals surface area contributed by atoms with Crippen molar-refractivity contribution in [2.75, 3.05) is 11.4 Å². The minimum atomic E-state index is 0.0192. The number of rotatable bonds is 9. The number of aromatic nitrogens is 3. The van der Waals surface area contributed by atoms with E-state index in [2.05, 4.69) is 53.3 Å². The summed E-state index contributed by atoms with van der Waals surface area (Å²) >= 11 is 6.47. The second-order valence-corrected chi connectivity index (χ2v) is 11.0. The first-order chi connectivity index (χ1) is 14.0. The van der Waals surface area contributed by atoms with E-state index in [0.29, 0.717) is 12.5 Å². The number of carbonyl (C=O) groups is 1. The zero-order valence-corrected chi connectivity index (χ0v) is 20.2. The summed E-state index contributed by atoms with van der Waals surface area (Å²) in [4.78, 5) is 17.9. The van der Waals surface area contributed by atoms with Gasteiger partial charge in [0.25, 0.3) is 0 Å². The van der Waals surface area contributed by atoms with E-state index in [4.69, 9.17) is 0 Å². The maximum absolute atomic E-state index is 11.6. The van der Waals surface area contributed by atoms with Gasteiger partial charge in [-0.2, -0.15) is 0 Å². The van der Waals surface area contributed by atoms with Crippen molar-refractivity contribution in [3.05, 3.63) is 46.5 Å². The molecule has 29 heavy (non-hydrogen) atoms. The van der Waals surface area contributed by atoms with Gasteiger partial charge in [0, 0.05) is 30.4 Å². The Morgan fingerprint density at radius 3 is 2.34 bits per heavy atom. The number of anilines is 1. The highest BCUT2D eigenvalue weighted by Gasteiger charge is 2.14. The summed E-state index contributed by atoms with van der Waals surface area (Å²) in [7, 11) is 0. The lowest BCUT2D eigenvalue weighted by Crippen LogP contribution is -2.27. The van der Waals surface area contributed by atoms with E-state index in [9.17, 15) is 4.79 Å². The number of benzene rings is 1. The van der Waals surface area contributed by atoms with Crippen molar-refractivity contribution >= 4 is 57.2 Å². The second kappa shape index (κ2) is 10.6. The highest BCUT2D eigenvalue weighted by molar-refractivity contribution is 8.02. The smallest absolute Gasteiger partial charge is 0.225 e. The van der Waals surface area contributed by atoms with Gasteiger partial charge in [0.15, 0.2) is 13.8 Å². The first-order valence-corrected chi connectivity index (χ1v) is 13.0. The van der Waals surface area contributed by atoms with Crippen molar-refractivity contribution < 1.29 is 4.79 Å². The van der Waals surface area contributed by atoms with Crippen LogP contribution < -0.4 is 4.90 Å². The number of amides is 1. The Labute approximate surface area is 188 Å². The molecule has 0 unspecified atom stereocenters. The lowest BCUT2D eigenvalue weighted by Gasteiger charge is -2.14. The van der Waals surface area contributed by atoms with Gasteiger partial charge in [-0.1, -0.05) is 73.0 Å². The monoisotopic (exact) mass is 464 g/mol. The number of thioether (sulfide) groups is 2. The van der Waals surface area contributed by atoms with Gasteiger partial charge >= 0.3 is 0 Å². The molecule has 2 heterocycles. The molecule has 9 heteroatoms. The zero-order valence-electron chi connectivity index (χ0n) is 16.9. The molecule has 0 atom stereocenters. The average Bonchev–Trinajstić information content (AvgIpc) is 3.35. The van der Waals surface area contributed by atoms with Gasteiger partial charge < -0.3 is 0 Å². The summed E-state index contributed by atoms with van der Waals surface area (Å²) in [6, 6.07) is 8.80.